The highest BCUT2D eigenvalue weighted by atomic mass is 35.5. The maximum absolute atomic E-state index is 13.6. The summed E-state index contributed by atoms with van der Waals surface area (Å²) in [5, 5.41) is 10.9. The highest BCUT2D eigenvalue weighted by Gasteiger charge is 2.23. The summed E-state index contributed by atoms with van der Waals surface area (Å²) in [6.07, 6.45) is -3.59. The van der Waals surface area contributed by atoms with Crippen LogP contribution in [0.5, 0.6) is 0 Å². The van der Waals surface area contributed by atoms with E-state index < -0.39 is 42.8 Å². The Morgan fingerprint density at radius 3 is 2.63 bits per heavy atom. The van der Waals surface area contributed by atoms with Crippen molar-refractivity contribution in [1.29, 1.82) is 0 Å². The van der Waals surface area contributed by atoms with E-state index in [9.17, 15) is 27.2 Å². The van der Waals surface area contributed by atoms with Crippen LogP contribution in [0.2, 0.25) is 5.02 Å². The normalized spacial score (nSPS) is 11.8. The van der Waals surface area contributed by atoms with Crippen molar-refractivity contribution in [2.45, 2.75) is 19.0 Å². The van der Waals surface area contributed by atoms with Crippen molar-refractivity contribution in [3.8, 4) is 11.3 Å². The van der Waals surface area contributed by atoms with Gasteiger partial charge in [-0.25, -0.2) is 27.2 Å². The second-order valence-corrected chi connectivity index (χ2v) is 8.37. The molecule has 0 spiro atoms. The number of urea groups is 1. The van der Waals surface area contributed by atoms with Crippen LogP contribution in [0.25, 0.3) is 11.3 Å². The molecule has 0 unspecified atom stereocenters. The quantitative estimate of drug-likeness (QED) is 0.290. The first kappa shape index (κ1) is 28.7. The van der Waals surface area contributed by atoms with Gasteiger partial charge in [0.1, 0.15) is 18.2 Å². The molecule has 1 heterocycles. The zero-order valence-electron chi connectivity index (χ0n) is 20.0. The molecule has 0 aliphatic heterocycles. The van der Waals surface area contributed by atoms with Crippen LogP contribution in [0.3, 0.4) is 0 Å². The molecule has 3 amide bonds. The minimum absolute atomic E-state index is 0.0142. The molecule has 14 heteroatoms. The van der Waals surface area contributed by atoms with Gasteiger partial charge in [0, 0.05) is 31.8 Å². The van der Waals surface area contributed by atoms with E-state index in [0.29, 0.717) is 11.1 Å². The topological polar surface area (TPSA) is 109 Å². The SMILES string of the molecule is CN(C(=O)NCc1cccc(F)c1Cl)[C@@H](CNCC(F)F)COC(=O)Nc1cc(-c2cccc(F)c2)on1. The molecule has 0 saturated carbocycles. The third-order valence-corrected chi connectivity index (χ3v) is 5.69. The Hall–Kier alpha value is -3.84. The van der Waals surface area contributed by atoms with Crippen LogP contribution >= 0.6 is 11.6 Å². The van der Waals surface area contributed by atoms with Crippen molar-refractivity contribution in [3.05, 3.63) is 70.8 Å². The first-order valence-electron chi connectivity index (χ1n) is 11.2. The number of nitrogens with one attached hydrogen (secondary N) is 3. The number of carbonyl (C=O) groups excluding carboxylic acids is 2. The van der Waals surface area contributed by atoms with Crippen molar-refractivity contribution < 1.29 is 36.4 Å². The second kappa shape index (κ2) is 13.6. The molecule has 0 fully saturated rings. The Bertz CT molecular complexity index is 1250. The van der Waals surface area contributed by atoms with Gasteiger partial charge in [-0.2, -0.15) is 0 Å². The molecule has 204 valence electrons. The van der Waals surface area contributed by atoms with E-state index in [2.05, 4.69) is 21.1 Å². The number of hydrogen-bond donors (Lipinski definition) is 3. The number of nitrogens with zero attached hydrogens (tertiary/aromatic N) is 2. The van der Waals surface area contributed by atoms with E-state index >= 15 is 0 Å². The van der Waals surface area contributed by atoms with E-state index in [4.69, 9.17) is 20.9 Å². The lowest BCUT2D eigenvalue weighted by molar-refractivity contribution is 0.109. The number of ether oxygens (including phenoxy) is 1. The third-order valence-electron chi connectivity index (χ3n) is 5.26. The van der Waals surface area contributed by atoms with E-state index in [0.717, 1.165) is 4.90 Å². The lowest BCUT2D eigenvalue weighted by Gasteiger charge is -2.28. The van der Waals surface area contributed by atoms with Gasteiger partial charge in [0.2, 0.25) is 0 Å². The Labute approximate surface area is 220 Å². The number of aromatic nitrogens is 1. The summed E-state index contributed by atoms with van der Waals surface area (Å²) in [6, 6.07) is 9.55. The van der Waals surface area contributed by atoms with Crippen molar-refractivity contribution in [2.24, 2.45) is 0 Å². The number of halogens is 5. The number of anilines is 1. The van der Waals surface area contributed by atoms with Gasteiger partial charge in [0.05, 0.1) is 17.6 Å². The number of alkyl halides is 2. The van der Waals surface area contributed by atoms with Crippen molar-refractivity contribution >= 4 is 29.5 Å². The van der Waals surface area contributed by atoms with Crippen molar-refractivity contribution in [3.63, 3.8) is 0 Å². The fourth-order valence-corrected chi connectivity index (χ4v) is 3.43. The van der Waals surface area contributed by atoms with Crippen LogP contribution in [0.15, 0.2) is 53.1 Å². The van der Waals surface area contributed by atoms with Gasteiger partial charge in [-0.15, -0.1) is 0 Å². The molecule has 9 nitrogen and oxygen atoms in total. The summed E-state index contributed by atoms with van der Waals surface area (Å²) in [7, 11) is 1.38. The van der Waals surface area contributed by atoms with Crippen LogP contribution < -0.4 is 16.0 Å². The molecule has 0 aliphatic rings. The molecule has 1 atom stereocenters. The molecular formula is C24H24ClF4N5O4. The van der Waals surface area contributed by atoms with Gasteiger partial charge in [-0.3, -0.25) is 5.32 Å². The maximum Gasteiger partial charge on any atom is 0.412 e. The summed E-state index contributed by atoms with van der Waals surface area (Å²) in [5.74, 6) is -0.940. The molecule has 0 bridgehead atoms. The summed E-state index contributed by atoms with van der Waals surface area (Å²) in [5.41, 5.74) is 0.734. The zero-order chi connectivity index (χ0) is 27.7. The Morgan fingerprint density at radius 1 is 1.13 bits per heavy atom. The third kappa shape index (κ3) is 8.35. The number of amides is 3. The lowest BCUT2D eigenvalue weighted by Crippen LogP contribution is -2.50. The fraction of sp³-hybridized carbons (Fsp3) is 0.292. The number of carbonyl (C=O) groups is 2. The van der Waals surface area contributed by atoms with Crippen LogP contribution in [-0.2, 0) is 11.3 Å². The smallest absolute Gasteiger partial charge is 0.412 e. The predicted molar refractivity (Wildman–Crippen MR) is 131 cm³/mol. The molecular weight excluding hydrogens is 534 g/mol. The largest absolute Gasteiger partial charge is 0.447 e. The van der Waals surface area contributed by atoms with E-state index in [1.807, 2.05) is 0 Å². The zero-order valence-corrected chi connectivity index (χ0v) is 20.8. The van der Waals surface area contributed by atoms with Crippen LogP contribution in [-0.4, -0.2) is 61.4 Å². The Kier molecular flexibility index (Phi) is 10.3. The highest BCUT2D eigenvalue weighted by Crippen LogP contribution is 2.23. The molecule has 2 aromatic carbocycles. The van der Waals surface area contributed by atoms with Gasteiger partial charge in [0.15, 0.2) is 11.6 Å². The molecule has 0 aliphatic carbocycles. The molecule has 0 saturated heterocycles. The lowest BCUT2D eigenvalue weighted by atomic mass is 10.2. The molecule has 3 N–H and O–H groups in total. The summed E-state index contributed by atoms with van der Waals surface area (Å²) >= 11 is 5.90. The maximum atomic E-state index is 13.6. The Balaban J connectivity index is 1.57. The van der Waals surface area contributed by atoms with E-state index in [-0.39, 0.29) is 36.3 Å². The number of likely N-dealkylation sites (N-methyl/N-ethyl adjacent to an activating group) is 1. The predicted octanol–water partition coefficient (Wildman–Crippen LogP) is 4.89. The average Bonchev–Trinajstić information content (AvgIpc) is 3.34. The molecule has 38 heavy (non-hydrogen) atoms. The number of benzene rings is 2. The standard InChI is InChI=1S/C24H24ClF4N5O4/c1-34(23(35)31-10-15-5-3-7-18(27)22(15)25)17(11-30-12-20(28)29)13-37-24(36)32-21-9-19(38-33-21)14-4-2-6-16(26)8-14/h2-9,17,20,30H,10-13H2,1H3,(H,31,35)(H,32,33,36)/t17-/m0/s1. The van der Waals surface area contributed by atoms with Gasteiger partial charge >= 0.3 is 12.1 Å². The van der Waals surface area contributed by atoms with Gasteiger partial charge in [0.25, 0.3) is 6.43 Å². The van der Waals surface area contributed by atoms with Gasteiger partial charge < -0.3 is 24.8 Å². The van der Waals surface area contributed by atoms with E-state index in [1.165, 1.54) is 49.5 Å². The monoisotopic (exact) mass is 557 g/mol. The summed E-state index contributed by atoms with van der Waals surface area (Å²) in [6.45, 7) is -1.24. The Morgan fingerprint density at radius 2 is 1.89 bits per heavy atom. The molecule has 3 rings (SSSR count). The number of rotatable bonds is 11. The first-order valence-corrected chi connectivity index (χ1v) is 11.6. The van der Waals surface area contributed by atoms with Crippen LogP contribution in [0.1, 0.15) is 5.56 Å². The molecule has 3 aromatic rings. The average molecular weight is 558 g/mol. The highest BCUT2D eigenvalue weighted by molar-refractivity contribution is 6.31. The van der Waals surface area contributed by atoms with Gasteiger partial charge in [-0.05, 0) is 23.8 Å². The molecule has 1 aromatic heterocycles. The fourth-order valence-electron chi connectivity index (χ4n) is 3.24. The second-order valence-electron chi connectivity index (χ2n) is 8.00. The van der Waals surface area contributed by atoms with Crippen LogP contribution in [0, 0.1) is 11.6 Å². The van der Waals surface area contributed by atoms with Gasteiger partial charge in [-0.1, -0.05) is 41.0 Å². The minimum atomic E-state index is -2.63. The van der Waals surface area contributed by atoms with Crippen molar-refractivity contribution in [1.82, 2.24) is 20.7 Å². The summed E-state index contributed by atoms with van der Waals surface area (Å²) < 4.78 is 62.5. The minimum Gasteiger partial charge on any atom is -0.447 e. The van der Waals surface area contributed by atoms with Crippen molar-refractivity contribution in [2.75, 3.05) is 32.1 Å². The molecule has 0 radical (unpaired) electrons. The number of hydrogen-bond acceptors (Lipinski definition) is 6. The summed E-state index contributed by atoms with van der Waals surface area (Å²) in [4.78, 5) is 26.1. The van der Waals surface area contributed by atoms with Crippen LogP contribution in [0.4, 0.5) is 33.0 Å². The van der Waals surface area contributed by atoms with E-state index in [1.54, 1.807) is 6.07 Å². The first-order chi connectivity index (χ1) is 18.1.